The summed E-state index contributed by atoms with van der Waals surface area (Å²) in [6.45, 7) is 0. The summed E-state index contributed by atoms with van der Waals surface area (Å²) in [6, 6.07) is 8.35. The van der Waals surface area contributed by atoms with E-state index in [9.17, 15) is 0 Å². The van der Waals surface area contributed by atoms with Gasteiger partial charge in [0.1, 0.15) is 0 Å². The van der Waals surface area contributed by atoms with Gasteiger partial charge in [0, 0.05) is 10.4 Å². The van der Waals surface area contributed by atoms with Gasteiger partial charge in [0.05, 0.1) is 0 Å². The Morgan fingerprint density at radius 1 is 1.20 bits per heavy atom. The van der Waals surface area contributed by atoms with Crippen LogP contribution in [0.15, 0.2) is 24.3 Å². The molecule has 82 valence electrons. The predicted octanol–water partition coefficient (Wildman–Crippen LogP) is 5.01. The lowest BCUT2D eigenvalue weighted by Crippen LogP contribution is -2.11. The van der Waals surface area contributed by atoms with E-state index in [0.29, 0.717) is 5.92 Å². The van der Waals surface area contributed by atoms with Crippen LogP contribution in [0.25, 0.3) is 0 Å². The summed E-state index contributed by atoms with van der Waals surface area (Å²) in [5.41, 5.74) is 1.43. The second kappa shape index (κ2) is 5.36. The van der Waals surface area contributed by atoms with Gasteiger partial charge in [-0.05, 0) is 42.4 Å². The van der Waals surface area contributed by atoms with Gasteiger partial charge in [0.15, 0.2) is 0 Å². The average Bonchev–Trinajstić information content (AvgIpc) is 2.75. The Balaban J connectivity index is 2.14. The van der Waals surface area contributed by atoms with E-state index in [1.165, 1.54) is 31.2 Å². The van der Waals surface area contributed by atoms with E-state index in [0.717, 1.165) is 16.3 Å². The first-order valence-electron chi connectivity index (χ1n) is 5.62. The first kappa shape index (κ1) is 11.5. The van der Waals surface area contributed by atoms with Gasteiger partial charge >= 0.3 is 0 Å². The molecule has 1 saturated carbocycles. The van der Waals surface area contributed by atoms with Crippen molar-refractivity contribution >= 4 is 27.5 Å². The molecule has 1 unspecified atom stereocenters. The van der Waals surface area contributed by atoms with Crippen LogP contribution < -0.4 is 0 Å². The highest BCUT2D eigenvalue weighted by atomic mass is 79.9. The van der Waals surface area contributed by atoms with Crippen LogP contribution >= 0.6 is 27.5 Å². The molecule has 0 heterocycles. The van der Waals surface area contributed by atoms with Crippen molar-refractivity contribution in [1.29, 1.82) is 0 Å². The van der Waals surface area contributed by atoms with Crippen molar-refractivity contribution in [3.05, 3.63) is 34.9 Å². The van der Waals surface area contributed by atoms with Gasteiger partial charge in [0.25, 0.3) is 0 Å². The molecular formula is C13H16BrCl. The van der Waals surface area contributed by atoms with E-state index in [1.54, 1.807) is 0 Å². The Kier molecular flexibility index (Phi) is 4.10. The molecule has 1 fully saturated rings. The molecule has 0 N–H and O–H groups in total. The lowest BCUT2D eigenvalue weighted by atomic mass is 9.86. The highest BCUT2D eigenvalue weighted by Gasteiger charge is 2.25. The molecule has 2 heteroatoms. The molecule has 1 aromatic carbocycles. The van der Waals surface area contributed by atoms with E-state index >= 15 is 0 Å². The van der Waals surface area contributed by atoms with E-state index in [2.05, 4.69) is 28.1 Å². The molecule has 2 rings (SSSR count). The van der Waals surface area contributed by atoms with Gasteiger partial charge in [-0.1, -0.05) is 52.5 Å². The monoisotopic (exact) mass is 286 g/mol. The van der Waals surface area contributed by atoms with Crippen molar-refractivity contribution in [3.8, 4) is 0 Å². The molecule has 0 amide bonds. The fourth-order valence-corrected chi connectivity index (χ4v) is 3.59. The maximum atomic E-state index is 5.91. The fourth-order valence-electron chi connectivity index (χ4n) is 2.56. The minimum Gasteiger partial charge on any atom is -0.0921 e. The molecule has 0 saturated heterocycles. The summed E-state index contributed by atoms with van der Waals surface area (Å²) >= 11 is 9.56. The topological polar surface area (TPSA) is 0 Å². The average molecular weight is 288 g/mol. The molecule has 0 nitrogen and oxygen atoms in total. The Morgan fingerprint density at radius 3 is 2.33 bits per heavy atom. The van der Waals surface area contributed by atoms with Gasteiger partial charge < -0.3 is 0 Å². The number of rotatable bonds is 3. The van der Waals surface area contributed by atoms with Crippen molar-refractivity contribution in [2.24, 2.45) is 5.92 Å². The molecule has 0 bridgehead atoms. The lowest BCUT2D eigenvalue weighted by Gasteiger charge is -2.21. The van der Waals surface area contributed by atoms with Crippen LogP contribution in [-0.2, 0) is 0 Å². The van der Waals surface area contributed by atoms with Crippen LogP contribution in [0.5, 0.6) is 0 Å². The molecule has 0 radical (unpaired) electrons. The zero-order chi connectivity index (χ0) is 10.7. The summed E-state index contributed by atoms with van der Waals surface area (Å²) < 4.78 is 0. The number of benzene rings is 1. The Labute approximate surface area is 105 Å². The van der Waals surface area contributed by atoms with E-state index < -0.39 is 0 Å². The first-order chi connectivity index (χ1) is 7.31. The van der Waals surface area contributed by atoms with Crippen LogP contribution in [0, 0.1) is 5.92 Å². The van der Waals surface area contributed by atoms with Gasteiger partial charge in [-0.15, -0.1) is 0 Å². The maximum absolute atomic E-state index is 5.91. The van der Waals surface area contributed by atoms with Gasteiger partial charge in [-0.2, -0.15) is 0 Å². The Bertz CT molecular complexity index is 301. The highest BCUT2D eigenvalue weighted by Crippen LogP contribution is 2.38. The molecule has 0 spiro atoms. The van der Waals surface area contributed by atoms with E-state index in [1.807, 2.05) is 12.1 Å². The highest BCUT2D eigenvalue weighted by molar-refractivity contribution is 9.09. The molecular weight excluding hydrogens is 272 g/mol. The van der Waals surface area contributed by atoms with Crippen LogP contribution in [0.4, 0.5) is 0 Å². The van der Waals surface area contributed by atoms with Gasteiger partial charge in [-0.25, -0.2) is 0 Å². The summed E-state index contributed by atoms with van der Waals surface area (Å²) in [4.78, 5) is 0. The molecule has 1 aromatic rings. The van der Waals surface area contributed by atoms with Crippen LogP contribution in [-0.4, -0.2) is 5.33 Å². The predicted molar refractivity (Wildman–Crippen MR) is 69.9 cm³/mol. The molecule has 0 aromatic heterocycles. The number of hydrogen-bond acceptors (Lipinski definition) is 0. The van der Waals surface area contributed by atoms with Crippen molar-refractivity contribution < 1.29 is 0 Å². The Hall–Kier alpha value is -0.0100. The fraction of sp³-hybridized carbons (Fsp3) is 0.538. The molecule has 15 heavy (non-hydrogen) atoms. The summed E-state index contributed by atoms with van der Waals surface area (Å²) in [7, 11) is 0. The third-order valence-electron chi connectivity index (χ3n) is 3.43. The van der Waals surface area contributed by atoms with E-state index in [-0.39, 0.29) is 0 Å². The molecule has 0 aliphatic heterocycles. The molecule has 1 atom stereocenters. The van der Waals surface area contributed by atoms with Gasteiger partial charge in [0.2, 0.25) is 0 Å². The second-order valence-corrected chi connectivity index (χ2v) is 5.44. The summed E-state index contributed by atoms with van der Waals surface area (Å²) in [6.07, 6.45) is 5.58. The normalized spacial score (nSPS) is 19.3. The summed E-state index contributed by atoms with van der Waals surface area (Å²) in [5.74, 6) is 1.54. The molecule has 1 aliphatic rings. The largest absolute Gasteiger partial charge is 0.0921 e. The van der Waals surface area contributed by atoms with Crippen molar-refractivity contribution in [1.82, 2.24) is 0 Å². The van der Waals surface area contributed by atoms with E-state index in [4.69, 9.17) is 11.6 Å². The maximum Gasteiger partial charge on any atom is 0.0406 e. The quantitative estimate of drug-likeness (QED) is 0.686. The van der Waals surface area contributed by atoms with Crippen molar-refractivity contribution in [3.63, 3.8) is 0 Å². The Morgan fingerprint density at radius 2 is 1.80 bits per heavy atom. The lowest BCUT2D eigenvalue weighted by molar-refractivity contribution is 0.468. The third-order valence-corrected chi connectivity index (χ3v) is 4.38. The second-order valence-electron chi connectivity index (χ2n) is 4.36. The zero-order valence-corrected chi connectivity index (χ0v) is 11.1. The summed E-state index contributed by atoms with van der Waals surface area (Å²) in [5, 5.41) is 1.90. The zero-order valence-electron chi connectivity index (χ0n) is 8.76. The standard InChI is InChI=1S/C13H16BrCl/c14-9-13(10-3-1-2-4-10)11-5-7-12(15)8-6-11/h5-8,10,13H,1-4,9H2. The number of alkyl halides is 1. The third kappa shape index (κ3) is 2.76. The number of hydrogen-bond donors (Lipinski definition) is 0. The van der Waals surface area contributed by atoms with Crippen molar-refractivity contribution in [2.75, 3.05) is 5.33 Å². The van der Waals surface area contributed by atoms with Crippen LogP contribution in [0.2, 0.25) is 5.02 Å². The van der Waals surface area contributed by atoms with Gasteiger partial charge in [-0.3, -0.25) is 0 Å². The smallest absolute Gasteiger partial charge is 0.0406 e. The first-order valence-corrected chi connectivity index (χ1v) is 7.12. The van der Waals surface area contributed by atoms with Crippen LogP contribution in [0.3, 0.4) is 0 Å². The number of halogens is 2. The van der Waals surface area contributed by atoms with Crippen molar-refractivity contribution in [2.45, 2.75) is 31.6 Å². The molecule has 1 aliphatic carbocycles. The van der Waals surface area contributed by atoms with Crippen LogP contribution in [0.1, 0.15) is 37.2 Å². The minimum absolute atomic E-state index is 0.671. The minimum atomic E-state index is 0.671. The SMILES string of the molecule is Clc1ccc(C(CBr)C2CCCC2)cc1.